The SMILES string of the molecule is Cc1ccccc1CN(C[C@@H](O)COCc1ccccc1)C(C)C. The molecule has 1 N–H and O–H groups in total. The van der Waals surface area contributed by atoms with Crippen LogP contribution in [0.15, 0.2) is 54.6 Å². The minimum atomic E-state index is -0.486. The smallest absolute Gasteiger partial charge is 0.0900 e. The van der Waals surface area contributed by atoms with Crippen molar-refractivity contribution in [2.75, 3.05) is 13.2 Å². The van der Waals surface area contributed by atoms with Crippen LogP contribution in [-0.2, 0) is 17.9 Å². The Kier molecular flexibility index (Phi) is 7.44. The molecule has 2 aromatic rings. The Bertz CT molecular complexity index is 598. The average molecular weight is 327 g/mol. The summed E-state index contributed by atoms with van der Waals surface area (Å²) in [5.74, 6) is 0. The van der Waals surface area contributed by atoms with Gasteiger partial charge in [0.15, 0.2) is 0 Å². The van der Waals surface area contributed by atoms with Gasteiger partial charge in [-0.15, -0.1) is 0 Å². The van der Waals surface area contributed by atoms with Crippen LogP contribution in [0.5, 0.6) is 0 Å². The molecule has 2 aromatic carbocycles. The maximum atomic E-state index is 10.3. The average Bonchev–Trinajstić information content (AvgIpc) is 2.57. The molecule has 0 spiro atoms. The van der Waals surface area contributed by atoms with Gasteiger partial charge in [0.05, 0.1) is 19.3 Å². The van der Waals surface area contributed by atoms with Crippen LogP contribution in [0.3, 0.4) is 0 Å². The lowest BCUT2D eigenvalue weighted by Crippen LogP contribution is -2.39. The normalized spacial score (nSPS) is 12.8. The van der Waals surface area contributed by atoms with E-state index in [-0.39, 0.29) is 0 Å². The number of rotatable bonds is 9. The lowest BCUT2D eigenvalue weighted by atomic mass is 10.1. The van der Waals surface area contributed by atoms with Gasteiger partial charge in [-0.3, -0.25) is 4.90 Å². The van der Waals surface area contributed by atoms with Gasteiger partial charge >= 0.3 is 0 Å². The first-order valence-electron chi connectivity index (χ1n) is 8.64. The first-order valence-corrected chi connectivity index (χ1v) is 8.64. The molecule has 0 aliphatic rings. The van der Waals surface area contributed by atoms with Crippen molar-refractivity contribution >= 4 is 0 Å². The van der Waals surface area contributed by atoms with Gasteiger partial charge in [-0.25, -0.2) is 0 Å². The van der Waals surface area contributed by atoms with Crippen molar-refractivity contribution in [3.05, 3.63) is 71.3 Å². The molecule has 0 heterocycles. The predicted molar refractivity (Wildman–Crippen MR) is 98.8 cm³/mol. The van der Waals surface area contributed by atoms with Gasteiger partial charge in [-0.1, -0.05) is 54.6 Å². The summed E-state index contributed by atoms with van der Waals surface area (Å²) in [6, 6.07) is 18.8. The highest BCUT2D eigenvalue weighted by Gasteiger charge is 2.16. The summed E-state index contributed by atoms with van der Waals surface area (Å²) in [5, 5.41) is 10.3. The van der Waals surface area contributed by atoms with Crippen LogP contribution in [0.1, 0.15) is 30.5 Å². The first kappa shape index (κ1) is 18.7. The Morgan fingerprint density at radius 1 is 1.00 bits per heavy atom. The van der Waals surface area contributed by atoms with Gasteiger partial charge in [0.25, 0.3) is 0 Å². The highest BCUT2D eigenvalue weighted by atomic mass is 16.5. The highest BCUT2D eigenvalue weighted by molar-refractivity contribution is 5.25. The number of nitrogens with zero attached hydrogens (tertiary/aromatic N) is 1. The van der Waals surface area contributed by atoms with E-state index in [4.69, 9.17) is 4.74 Å². The number of aryl methyl sites for hydroxylation is 1. The fourth-order valence-corrected chi connectivity index (χ4v) is 2.67. The molecule has 130 valence electrons. The fraction of sp³-hybridized carbons (Fsp3) is 0.429. The number of ether oxygens (including phenoxy) is 1. The van der Waals surface area contributed by atoms with Crippen molar-refractivity contribution in [1.29, 1.82) is 0 Å². The number of hydrogen-bond acceptors (Lipinski definition) is 3. The molecule has 0 aromatic heterocycles. The number of aliphatic hydroxyl groups is 1. The quantitative estimate of drug-likeness (QED) is 0.761. The molecule has 0 fully saturated rings. The van der Waals surface area contributed by atoms with Crippen molar-refractivity contribution in [2.24, 2.45) is 0 Å². The summed E-state index contributed by atoms with van der Waals surface area (Å²) >= 11 is 0. The van der Waals surface area contributed by atoms with E-state index in [1.807, 2.05) is 30.3 Å². The van der Waals surface area contributed by atoms with E-state index in [1.54, 1.807) is 0 Å². The standard InChI is InChI=1S/C21H29NO2/c1-17(2)22(13-20-12-8-7-9-18(20)3)14-21(23)16-24-15-19-10-5-4-6-11-19/h4-12,17,21,23H,13-16H2,1-3H3/t21-/m1/s1. The van der Waals surface area contributed by atoms with Crippen LogP contribution >= 0.6 is 0 Å². The van der Waals surface area contributed by atoms with Crippen LogP contribution in [0, 0.1) is 6.92 Å². The highest BCUT2D eigenvalue weighted by Crippen LogP contribution is 2.13. The summed E-state index contributed by atoms with van der Waals surface area (Å²) in [6.07, 6.45) is -0.486. The van der Waals surface area contributed by atoms with E-state index < -0.39 is 6.10 Å². The van der Waals surface area contributed by atoms with E-state index in [0.717, 1.165) is 12.1 Å². The van der Waals surface area contributed by atoms with Crippen LogP contribution in [-0.4, -0.2) is 35.3 Å². The maximum Gasteiger partial charge on any atom is 0.0900 e. The molecule has 3 heteroatoms. The molecule has 0 amide bonds. The fourth-order valence-electron chi connectivity index (χ4n) is 2.67. The Morgan fingerprint density at radius 2 is 1.67 bits per heavy atom. The largest absolute Gasteiger partial charge is 0.389 e. The van der Waals surface area contributed by atoms with Crippen LogP contribution in [0.4, 0.5) is 0 Å². The van der Waals surface area contributed by atoms with Crippen molar-refractivity contribution in [1.82, 2.24) is 4.90 Å². The van der Waals surface area contributed by atoms with E-state index in [9.17, 15) is 5.11 Å². The Balaban J connectivity index is 1.82. The van der Waals surface area contributed by atoms with E-state index >= 15 is 0 Å². The maximum absolute atomic E-state index is 10.3. The lowest BCUT2D eigenvalue weighted by Gasteiger charge is -2.29. The Labute approximate surface area is 145 Å². The lowest BCUT2D eigenvalue weighted by molar-refractivity contribution is 0.00311. The molecule has 1 atom stereocenters. The van der Waals surface area contributed by atoms with E-state index in [0.29, 0.717) is 25.8 Å². The number of benzene rings is 2. The summed E-state index contributed by atoms with van der Waals surface area (Å²) in [4.78, 5) is 2.29. The summed E-state index contributed by atoms with van der Waals surface area (Å²) in [6.45, 7) is 8.81. The topological polar surface area (TPSA) is 32.7 Å². The summed E-state index contributed by atoms with van der Waals surface area (Å²) in [5.41, 5.74) is 3.73. The molecule has 2 rings (SSSR count). The van der Waals surface area contributed by atoms with Crippen molar-refractivity contribution in [2.45, 2.75) is 46.1 Å². The van der Waals surface area contributed by atoms with E-state index in [2.05, 4.69) is 49.9 Å². The molecule has 0 saturated heterocycles. The third-order valence-corrected chi connectivity index (χ3v) is 4.23. The zero-order chi connectivity index (χ0) is 17.4. The van der Waals surface area contributed by atoms with Gasteiger partial charge in [0.1, 0.15) is 0 Å². The number of hydrogen-bond donors (Lipinski definition) is 1. The second-order valence-electron chi connectivity index (χ2n) is 6.60. The van der Waals surface area contributed by atoms with Gasteiger partial charge in [0, 0.05) is 19.1 Å². The molecule has 24 heavy (non-hydrogen) atoms. The Morgan fingerprint density at radius 3 is 2.33 bits per heavy atom. The van der Waals surface area contributed by atoms with E-state index in [1.165, 1.54) is 11.1 Å². The van der Waals surface area contributed by atoms with Crippen LogP contribution in [0.25, 0.3) is 0 Å². The van der Waals surface area contributed by atoms with Crippen LogP contribution in [0.2, 0.25) is 0 Å². The van der Waals surface area contributed by atoms with Gasteiger partial charge in [-0.05, 0) is 37.5 Å². The first-order chi connectivity index (χ1) is 11.6. The molecular formula is C21H29NO2. The zero-order valence-electron chi connectivity index (χ0n) is 15.0. The molecule has 0 unspecified atom stereocenters. The number of aliphatic hydroxyl groups excluding tert-OH is 1. The molecule has 3 nitrogen and oxygen atoms in total. The molecule has 0 saturated carbocycles. The zero-order valence-corrected chi connectivity index (χ0v) is 15.0. The van der Waals surface area contributed by atoms with Gasteiger partial charge in [0.2, 0.25) is 0 Å². The third kappa shape index (κ3) is 6.08. The van der Waals surface area contributed by atoms with Crippen molar-refractivity contribution in [3.8, 4) is 0 Å². The minimum absolute atomic E-state index is 0.353. The third-order valence-electron chi connectivity index (χ3n) is 4.23. The molecule has 0 bridgehead atoms. The molecule has 0 aliphatic carbocycles. The summed E-state index contributed by atoms with van der Waals surface area (Å²) < 4.78 is 5.66. The molecule has 0 radical (unpaired) electrons. The Hall–Kier alpha value is -1.68. The van der Waals surface area contributed by atoms with Gasteiger partial charge in [-0.2, -0.15) is 0 Å². The molecular weight excluding hydrogens is 298 g/mol. The van der Waals surface area contributed by atoms with Crippen molar-refractivity contribution < 1.29 is 9.84 Å². The second kappa shape index (κ2) is 9.58. The monoisotopic (exact) mass is 327 g/mol. The van der Waals surface area contributed by atoms with Gasteiger partial charge < -0.3 is 9.84 Å². The predicted octanol–water partition coefficient (Wildman–Crippen LogP) is 3.78. The molecule has 0 aliphatic heterocycles. The summed E-state index contributed by atoms with van der Waals surface area (Å²) in [7, 11) is 0. The van der Waals surface area contributed by atoms with Crippen molar-refractivity contribution in [3.63, 3.8) is 0 Å². The second-order valence-corrected chi connectivity index (χ2v) is 6.60. The van der Waals surface area contributed by atoms with Crippen LogP contribution < -0.4 is 0 Å². The minimum Gasteiger partial charge on any atom is -0.389 e.